The lowest BCUT2D eigenvalue weighted by atomic mass is 9.69. The number of methoxy groups -OCH3 is 6. The molecule has 46 heavy (non-hydrogen) atoms. The molecule has 0 aliphatic rings. The number of nitrogens with zero attached hydrogens (tertiary/aromatic N) is 1. The molecule has 2 rings (SSSR count). The molecule has 0 spiro atoms. The maximum absolute atomic E-state index is 14.4. The molecule has 0 aromatic heterocycles. The molecule has 3 N–H and O–H groups in total. The smallest absolute Gasteiger partial charge is 0.328 e. The summed E-state index contributed by atoms with van der Waals surface area (Å²) in [6, 6.07) is 7.46. The summed E-state index contributed by atoms with van der Waals surface area (Å²) in [7, 11) is 8.87. The van der Waals surface area contributed by atoms with Crippen molar-refractivity contribution in [2.24, 2.45) is 5.92 Å². The predicted molar refractivity (Wildman–Crippen MR) is 166 cm³/mol. The molecule has 0 amide bonds. The molecule has 13 nitrogen and oxygen atoms in total. The average Bonchev–Trinajstić information content (AvgIpc) is 3.04. The van der Waals surface area contributed by atoms with Crippen LogP contribution < -0.4 is 38.5 Å². The van der Waals surface area contributed by atoms with Crippen molar-refractivity contribution < 1.29 is 57.4 Å². The van der Waals surface area contributed by atoms with Gasteiger partial charge in [-0.15, -0.1) is 0 Å². The van der Waals surface area contributed by atoms with E-state index in [4.69, 9.17) is 43.4 Å². The van der Waals surface area contributed by atoms with Crippen LogP contribution in [0.3, 0.4) is 0 Å². The Balaban J connectivity index is 0.00000116. The molecule has 2 aromatic rings. The first-order valence-electron chi connectivity index (χ1n) is 14.1. The lowest BCUT2D eigenvalue weighted by Gasteiger charge is -2.32. The van der Waals surface area contributed by atoms with Crippen LogP contribution in [0.2, 0.25) is 0 Å². The van der Waals surface area contributed by atoms with E-state index in [-0.39, 0.29) is 35.5 Å². The summed E-state index contributed by atoms with van der Waals surface area (Å²) in [6.45, 7) is 5.49. The number of carboxylic acids is 2. The zero-order valence-electron chi connectivity index (χ0n) is 27.4. The Hall–Kier alpha value is -4.90. The van der Waals surface area contributed by atoms with Crippen molar-refractivity contribution in [1.82, 2.24) is 5.32 Å². The standard InChI is InChI=1S/C28H39FN2O7.C4H4O4/c1-18(2)28(17-30,19-14-21(32-3)25(35-6)22(15-19)33-4)10-9-11-31-12-13-38-23-16-20(29)24(34-5)27(37-8)26(23)36-7;5-3(6)1-2-4(7)8/h14-16,18,31H,9-13H2,1-8H3;1-2H,(H,5,6)(H,7,8). The highest BCUT2D eigenvalue weighted by atomic mass is 19.1. The fourth-order valence-corrected chi connectivity index (χ4v) is 4.59. The van der Waals surface area contributed by atoms with Gasteiger partial charge >= 0.3 is 11.9 Å². The molecule has 0 heterocycles. The minimum Gasteiger partial charge on any atom is -0.493 e. The number of halogens is 1. The summed E-state index contributed by atoms with van der Waals surface area (Å²) in [4.78, 5) is 19.1. The second-order valence-corrected chi connectivity index (χ2v) is 9.82. The van der Waals surface area contributed by atoms with Gasteiger partial charge in [-0.1, -0.05) is 13.8 Å². The van der Waals surface area contributed by atoms with E-state index in [2.05, 4.69) is 11.4 Å². The van der Waals surface area contributed by atoms with Gasteiger partial charge in [0.05, 0.1) is 54.1 Å². The van der Waals surface area contributed by atoms with Crippen LogP contribution in [0.5, 0.6) is 40.2 Å². The van der Waals surface area contributed by atoms with Crippen LogP contribution in [0.4, 0.5) is 4.39 Å². The fourth-order valence-electron chi connectivity index (χ4n) is 4.59. The average molecular weight is 651 g/mol. The molecule has 1 unspecified atom stereocenters. The number of carbonyl (C=O) groups is 2. The first-order chi connectivity index (χ1) is 21.9. The Labute approximate surface area is 268 Å². The maximum atomic E-state index is 14.4. The molecule has 0 saturated carbocycles. The highest BCUT2D eigenvalue weighted by Gasteiger charge is 2.37. The number of hydrogen-bond donors (Lipinski definition) is 3. The Bertz CT molecular complexity index is 1330. The molecule has 0 aliphatic heterocycles. The van der Waals surface area contributed by atoms with Gasteiger partial charge in [-0.2, -0.15) is 5.26 Å². The summed E-state index contributed by atoms with van der Waals surface area (Å²) in [5.74, 6) is -1.02. The lowest BCUT2D eigenvalue weighted by molar-refractivity contribution is -0.134. The highest BCUT2D eigenvalue weighted by Crippen LogP contribution is 2.46. The van der Waals surface area contributed by atoms with Crippen molar-refractivity contribution >= 4 is 11.9 Å². The molecule has 0 bridgehead atoms. The number of ether oxygens (including phenoxy) is 7. The van der Waals surface area contributed by atoms with E-state index in [0.29, 0.717) is 48.9 Å². The summed E-state index contributed by atoms with van der Waals surface area (Å²) >= 11 is 0. The van der Waals surface area contributed by atoms with Gasteiger partial charge in [0.25, 0.3) is 0 Å². The van der Waals surface area contributed by atoms with Gasteiger partial charge in [0.15, 0.2) is 23.1 Å². The van der Waals surface area contributed by atoms with Crippen LogP contribution in [0.1, 0.15) is 32.3 Å². The number of hydrogen-bond acceptors (Lipinski definition) is 11. The van der Waals surface area contributed by atoms with Gasteiger partial charge in [0.2, 0.25) is 23.0 Å². The second kappa shape index (κ2) is 19.5. The fraction of sp³-hybridized carbons (Fsp3) is 0.469. The molecule has 0 saturated heterocycles. The number of carboxylic acid groups (broad SMARTS) is 2. The van der Waals surface area contributed by atoms with E-state index >= 15 is 0 Å². The molecular weight excluding hydrogens is 607 g/mol. The van der Waals surface area contributed by atoms with E-state index in [0.717, 1.165) is 12.0 Å². The van der Waals surface area contributed by atoms with E-state index in [1.54, 1.807) is 21.3 Å². The second-order valence-electron chi connectivity index (χ2n) is 9.82. The summed E-state index contributed by atoms with van der Waals surface area (Å²) in [6.07, 6.45) is 2.46. The molecule has 14 heteroatoms. The SMILES string of the molecule is COc1cc(C(C#N)(CCCNCCOc2cc(F)c(OC)c(OC)c2OC)C(C)C)cc(OC)c1OC.O=C(O)C=CC(=O)O. The zero-order valence-corrected chi connectivity index (χ0v) is 27.4. The van der Waals surface area contributed by atoms with Crippen molar-refractivity contribution in [1.29, 1.82) is 5.26 Å². The molecule has 0 radical (unpaired) electrons. The van der Waals surface area contributed by atoms with Gasteiger partial charge in [-0.3, -0.25) is 0 Å². The monoisotopic (exact) mass is 650 g/mol. The largest absolute Gasteiger partial charge is 0.493 e. The van der Waals surface area contributed by atoms with Gasteiger partial charge in [-0.25, -0.2) is 14.0 Å². The van der Waals surface area contributed by atoms with E-state index in [1.165, 1.54) is 27.4 Å². The van der Waals surface area contributed by atoms with Crippen LogP contribution in [0.15, 0.2) is 30.4 Å². The van der Waals surface area contributed by atoms with Crippen molar-refractivity contribution in [3.63, 3.8) is 0 Å². The van der Waals surface area contributed by atoms with Gasteiger partial charge in [-0.05, 0) is 43.0 Å². The van der Waals surface area contributed by atoms with E-state index < -0.39 is 23.2 Å². The highest BCUT2D eigenvalue weighted by molar-refractivity contribution is 5.89. The Morgan fingerprint density at radius 2 is 1.35 bits per heavy atom. The van der Waals surface area contributed by atoms with E-state index in [9.17, 15) is 19.2 Å². The number of benzene rings is 2. The Morgan fingerprint density at radius 3 is 1.76 bits per heavy atom. The van der Waals surface area contributed by atoms with Gasteiger partial charge in [0, 0.05) is 24.8 Å². The van der Waals surface area contributed by atoms with Crippen LogP contribution in [-0.2, 0) is 15.0 Å². The van der Waals surface area contributed by atoms with Gasteiger partial charge < -0.3 is 48.7 Å². The normalized spacial score (nSPS) is 11.8. The van der Waals surface area contributed by atoms with Crippen LogP contribution in [0.25, 0.3) is 0 Å². The zero-order chi connectivity index (χ0) is 34.9. The Morgan fingerprint density at radius 1 is 0.826 bits per heavy atom. The lowest BCUT2D eigenvalue weighted by Crippen LogP contribution is -2.32. The number of rotatable bonds is 18. The third kappa shape index (κ3) is 10.3. The third-order valence-electron chi connectivity index (χ3n) is 6.92. The minimum atomic E-state index is -1.26. The molecule has 254 valence electrons. The number of aliphatic carboxylic acids is 2. The summed E-state index contributed by atoms with van der Waals surface area (Å²) in [5, 5.41) is 29.2. The first-order valence-corrected chi connectivity index (χ1v) is 14.1. The number of nitriles is 1. The van der Waals surface area contributed by atoms with Crippen LogP contribution >= 0.6 is 0 Å². The summed E-state index contributed by atoms with van der Waals surface area (Å²) in [5.41, 5.74) is 0.0608. The topological polar surface area (TPSA) is 175 Å². The maximum Gasteiger partial charge on any atom is 0.328 e. The van der Waals surface area contributed by atoms with Crippen molar-refractivity contribution in [3.8, 4) is 46.3 Å². The summed E-state index contributed by atoms with van der Waals surface area (Å²) < 4.78 is 52.2. The molecule has 1 atom stereocenters. The molecular formula is C32H43FN2O11. The molecule has 2 aromatic carbocycles. The van der Waals surface area contributed by atoms with Crippen molar-refractivity contribution in [2.45, 2.75) is 32.1 Å². The predicted octanol–water partition coefficient (Wildman–Crippen LogP) is 4.46. The molecule has 0 aliphatic carbocycles. The third-order valence-corrected chi connectivity index (χ3v) is 6.92. The first kappa shape index (κ1) is 39.1. The molecule has 0 fully saturated rings. The van der Waals surface area contributed by atoms with Crippen molar-refractivity contribution in [3.05, 3.63) is 41.7 Å². The van der Waals surface area contributed by atoms with Crippen molar-refractivity contribution in [2.75, 3.05) is 62.4 Å². The van der Waals surface area contributed by atoms with E-state index in [1.807, 2.05) is 26.0 Å². The van der Waals surface area contributed by atoms with Crippen LogP contribution in [-0.4, -0.2) is 84.5 Å². The van der Waals surface area contributed by atoms with Crippen LogP contribution in [0, 0.1) is 23.1 Å². The Kier molecular flexibility index (Phi) is 16.6. The number of nitrogens with one attached hydrogen (secondary N) is 1. The minimum absolute atomic E-state index is 0.0334. The quantitative estimate of drug-likeness (QED) is 0.153. The van der Waals surface area contributed by atoms with Gasteiger partial charge in [0.1, 0.15) is 6.61 Å².